The predicted molar refractivity (Wildman–Crippen MR) is 211 cm³/mol. The van der Waals surface area contributed by atoms with E-state index in [0.29, 0.717) is 0 Å². The third-order valence-corrected chi connectivity index (χ3v) is 10.3. The van der Waals surface area contributed by atoms with Crippen LogP contribution in [0.3, 0.4) is 0 Å². The highest BCUT2D eigenvalue weighted by atomic mass is 15.3. The predicted octanol–water partition coefficient (Wildman–Crippen LogP) is 12.1. The van der Waals surface area contributed by atoms with Crippen molar-refractivity contribution in [1.82, 2.24) is 9.55 Å². The first kappa shape index (κ1) is 28.6. The summed E-state index contributed by atoms with van der Waals surface area (Å²) in [6.45, 7) is 2.23. The molecule has 7 aromatic carbocycles. The minimum absolute atomic E-state index is 0.215. The van der Waals surface area contributed by atoms with Crippen molar-refractivity contribution in [3.8, 4) is 28.1 Å². The Kier molecular flexibility index (Phi) is 6.50. The second kappa shape index (κ2) is 11.4. The Labute approximate surface area is 290 Å². The number of pyridine rings is 1. The summed E-state index contributed by atoms with van der Waals surface area (Å²) in [6, 6.07) is 59.0. The number of benzene rings is 7. The molecule has 0 saturated carbocycles. The number of nitrogens with one attached hydrogen (secondary N) is 1. The molecule has 0 aliphatic carbocycles. The molecule has 1 unspecified atom stereocenters. The van der Waals surface area contributed by atoms with Crippen molar-refractivity contribution in [1.29, 1.82) is 0 Å². The van der Waals surface area contributed by atoms with E-state index >= 15 is 0 Å². The van der Waals surface area contributed by atoms with E-state index in [1.165, 1.54) is 60.8 Å². The van der Waals surface area contributed by atoms with Crippen molar-refractivity contribution in [2.24, 2.45) is 0 Å². The topological polar surface area (TPSA) is 33.1 Å². The highest BCUT2D eigenvalue weighted by Crippen LogP contribution is 2.44. The highest BCUT2D eigenvalue weighted by molar-refractivity contribution is 6.29. The van der Waals surface area contributed by atoms with Crippen molar-refractivity contribution < 1.29 is 0 Å². The Morgan fingerprint density at radius 3 is 2.12 bits per heavy atom. The average Bonchev–Trinajstić information content (AvgIpc) is 3.74. The molecular weight excluding hydrogens is 609 g/mol. The van der Waals surface area contributed by atoms with Crippen LogP contribution in [-0.4, -0.2) is 15.7 Å². The Morgan fingerprint density at radius 1 is 0.540 bits per heavy atom. The zero-order valence-corrected chi connectivity index (χ0v) is 27.7. The summed E-state index contributed by atoms with van der Waals surface area (Å²) in [5.41, 5.74) is 12.6. The second-order valence-electron chi connectivity index (χ2n) is 13.1. The van der Waals surface area contributed by atoms with Gasteiger partial charge in [-0.3, -0.25) is 0 Å². The molecule has 50 heavy (non-hydrogen) atoms. The lowest BCUT2D eigenvalue weighted by molar-refractivity contribution is 0.728. The highest BCUT2D eigenvalue weighted by Gasteiger charge is 2.28. The third-order valence-electron chi connectivity index (χ3n) is 10.3. The van der Waals surface area contributed by atoms with E-state index in [1.54, 1.807) is 0 Å². The summed E-state index contributed by atoms with van der Waals surface area (Å²) in [6.07, 6.45) is 1.21. The molecule has 0 radical (unpaired) electrons. The fourth-order valence-electron chi connectivity index (χ4n) is 8.08. The normalized spacial score (nSPS) is 14.1. The second-order valence-corrected chi connectivity index (χ2v) is 13.1. The van der Waals surface area contributed by atoms with Crippen molar-refractivity contribution in [2.45, 2.75) is 19.5 Å². The Morgan fingerprint density at radius 2 is 1.24 bits per heavy atom. The number of rotatable bonds is 5. The van der Waals surface area contributed by atoms with Gasteiger partial charge in [0, 0.05) is 43.9 Å². The van der Waals surface area contributed by atoms with Gasteiger partial charge in [0.15, 0.2) is 0 Å². The number of aromatic nitrogens is 2. The quantitative estimate of drug-likeness (QED) is 0.190. The maximum absolute atomic E-state index is 5.36. The SMILES string of the molecule is CCC1Nc2ccccc2N1c1cccc(-c2cccc(-c3nc4ccccc4c4c3ccc3c4c4ccccc4n3-c3ccccc3)c2)c1. The average molecular weight is 643 g/mol. The monoisotopic (exact) mass is 642 g/mol. The van der Waals surface area contributed by atoms with E-state index in [-0.39, 0.29) is 6.17 Å². The summed E-state index contributed by atoms with van der Waals surface area (Å²) in [5.74, 6) is 0. The smallest absolute Gasteiger partial charge is 0.104 e. The van der Waals surface area contributed by atoms with Gasteiger partial charge in [0.2, 0.25) is 0 Å². The van der Waals surface area contributed by atoms with E-state index in [0.717, 1.165) is 34.3 Å². The molecule has 0 amide bonds. The van der Waals surface area contributed by atoms with Gasteiger partial charge >= 0.3 is 0 Å². The van der Waals surface area contributed by atoms with Gasteiger partial charge in [-0.25, -0.2) is 4.98 Å². The van der Waals surface area contributed by atoms with Gasteiger partial charge in [-0.15, -0.1) is 0 Å². The number of nitrogens with zero attached hydrogens (tertiary/aromatic N) is 3. The number of para-hydroxylation sites is 5. The van der Waals surface area contributed by atoms with Crippen LogP contribution < -0.4 is 10.2 Å². The molecule has 0 bridgehead atoms. The molecule has 3 heterocycles. The van der Waals surface area contributed by atoms with Crippen LogP contribution in [0.15, 0.2) is 164 Å². The van der Waals surface area contributed by atoms with Crippen molar-refractivity contribution in [3.05, 3.63) is 164 Å². The van der Waals surface area contributed by atoms with Crippen LogP contribution >= 0.6 is 0 Å². The van der Waals surface area contributed by atoms with Gasteiger partial charge in [0.25, 0.3) is 0 Å². The molecule has 2 aromatic heterocycles. The third kappa shape index (κ3) is 4.35. The first-order valence-electron chi connectivity index (χ1n) is 17.4. The lowest BCUT2D eigenvalue weighted by atomic mass is 9.94. The molecule has 4 heteroatoms. The Bertz CT molecular complexity index is 2740. The van der Waals surface area contributed by atoms with Crippen LogP contribution in [0.5, 0.6) is 0 Å². The molecule has 1 aliphatic heterocycles. The van der Waals surface area contributed by atoms with Gasteiger partial charge < -0.3 is 14.8 Å². The molecular formula is C46H34N4. The van der Waals surface area contributed by atoms with Crippen LogP contribution in [0.1, 0.15) is 13.3 Å². The van der Waals surface area contributed by atoms with Crippen molar-refractivity contribution in [3.63, 3.8) is 0 Å². The molecule has 0 spiro atoms. The first-order chi connectivity index (χ1) is 24.8. The van der Waals surface area contributed by atoms with Gasteiger partial charge in [-0.2, -0.15) is 0 Å². The number of hydrogen-bond acceptors (Lipinski definition) is 3. The number of anilines is 3. The molecule has 1 N–H and O–H groups in total. The van der Waals surface area contributed by atoms with Crippen LogP contribution in [0.4, 0.5) is 17.1 Å². The molecule has 4 nitrogen and oxygen atoms in total. The maximum Gasteiger partial charge on any atom is 0.104 e. The first-order valence-corrected chi connectivity index (χ1v) is 17.4. The standard InChI is InChI=1S/C46H34N4/c1-2-43-47-39-23-9-11-25-41(39)50(43)34-19-13-15-31(29-34)30-14-12-16-32(28-30)46-37-26-27-42-45(44(37)35-20-6-8-22-38(35)48-46)36-21-7-10-24-40(36)49(42)33-17-4-3-5-18-33/h3-29,43,47H,2H2,1H3. The summed E-state index contributed by atoms with van der Waals surface area (Å²) < 4.78 is 2.39. The van der Waals surface area contributed by atoms with Crippen LogP contribution in [0, 0.1) is 0 Å². The molecule has 1 aliphatic rings. The molecule has 10 rings (SSSR count). The zero-order chi connectivity index (χ0) is 33.2. The fraction of sp³-hybridized carbons (Fsp3) is 0.0652. The minimum atomic E-state index is 0.215. The molecule has 0 fully saturated rings. The van der Waals surface area contributed by atoms with E-state index in [4.69, 9.17) is 4.98 Å². The lowest BCUT2D eigenvalue weighted by Crippen LogP contribution is -2.30. The molecule has 1 atom stereocenters. The van der Waals surface area contributed by atoms with Gasteiger partial charge in [0.1, 0.15) is 6.17 Å². The van der Waals surface area contributed by atoms with Gasteiger partial charge in [-0.05, 0) is 78.2 Å². The largest absolute Gasteiger partial charge is 0.363 e. The van der Waals surface area contributed by atoms with Crippen LogP contribution in [0.2, 0.25) is 0 Å². The summed E-state index contributed by atoms with van der Waals surface area (Å²) in [4.78, 5) is 7.79. The number of hydrogen-bond donors (Lipinski definition) is 1. The van der Waals surface area contributed by atoms with Crippen molar-refractivity contribution >= 4 is 60.5 Å². The van der Waals surface area contributed by atoms with E-state index < -0.39 is 0 Å². The Hall–Kier alpha value is -6.39. The van der Waals surface area contributed by atoms with Crippen LogP contribution in [0.25, 0.3) is 71.6 Å². The number of fused-ring (bicyclic) bond motifs is 8. The van der Waals surface area contributed by atoms with Gasteiger partial charge in [-0.1, -0.05) is 110 Å². The molecule has 9 aromatic rings. The molecule has 0 saturated heterocycles. The summed E-state index contributed by atoms with van der Waals surface area (Å²) in [5, 5.41) is 9.78. The minimum Gasteiger partial charge on any atom is -0.363 e. The fourth-order valence-corrected chi connectivity index (χ4v) is 8.08. The lowest BCUT2D eigenvalue weighted by Gasteiger charge is -2.26. The van der Waals surface area contributed by atoms with Crippen LogP contribution in [-0.2, 0) is 0 Å². The van der Waals surface area contributed by atoms with E-state index in [1.807, 2.05) is 0 Å². The van der Waals surface area contributed by atoms with E-state index in [2.05, 4.69) is 185 Å². The van der Waals surface area contributed by atoms with Gasteiger partial charge in [0.05, 0.1) is 33.6 Å². The maximum atomic E-state index is 5.36. The Balaban J connectivity index is 1.18. The van der Waals surface area contributed by atoms with Crippen molar-refractivity contribution in [2.75, 3.05) is 10.2 Å². The molecule has 238 valence electrons. The van der Waals surface area contributed by atoms with E-state index in [9.17, 15) is 0 Å². The summed E-state index contributed by atoms with van der Waals surface area (Å²) in [7, 11) is 0. The zero-order valence-electron chi connectivity index (χ0n) is 27.7. The summed E-state index contributed by atoms with van der Waals surface area (Å²) >= 11 is 0.